The number of carboxylic acid groups (broad SMARTS) is 1. The van der Waals surface area contributed by atoms with Crippen molar-refractivity contribution in [2.75, 3.05) is 12.7 Å². The van der Waals surface area contributed by atoms with Gasteiger partial charge in [0.15, 0.2) is 0 Å². The summed E-state index contributed by atoms with van der Waals surface area (Å²) in [6.45, 7) is 11.3. The zero-order valence-corrected chi connectivity index (χ0v) is 20.8. The smallest absolute Gasteiger partial charge is 0.113 e. The number of benzene rings is 3. The van der Waals surface area contributed by atoms with E-state index in [4.69, 9.17) is 9.90 Å². The first kappa shape index (κ1) is 25.8. The first-order valence-electron chi connectivity index (χ1n) is 11.3. The first-order chi connectivity index (χ1) is 15.3. The van der Waals surface area contributed by atoms with Gasteiger partial charge in [-0.15, -0.1) is 0 Å². The van der Waals surface area contributed by atoms with Gasteiger partial charge in [-0.2, -0.15) is 0 Å². The quantitative estimate of drug-likeness (QED) is 0.491. The normalized spacial score (nSPS) is 11.4. The molecule has 0 saturated heterocycles. The van der Waals surface area contributed by atoms with E-state index in [1.54, 1.807) is 0 Å². The lowest BCUT2D eigenvalue weighted by Crippen LogP contribution is -2.43. The van der Waals surface area contributed by atoms with Gasteiger partial charge >= 0.3 is 0 Å². The standard InChI is InChI=1S/C26H33NP.C2H4O2/c1-22(2)27(23(3)4)20-21-28(24-14-8-5-9-15-24,25-16-10-6-11-17-25)26-18-12-7-13-19-26;1-2(3)4/h5-19,22-23H,20-21H2,1-4H3;1H3,(H,3,4)/q+1;/p-1. The van der Waals surface area contributed by atoms with Gasteiger partial charge in [-0.1, -0.05) is 54.6 Å². The second-order valence-corrected chi connectivity index (χ2v) is 12.1. The number of hydrogen-bond donors (Lipinski definition) is 0. The van der Waals surface area contributed by atoms with E-state index >= 15 is 0 Å². The molecule has 0 unspecified atom stereocenters. The van der Waals surface area contributed by atoms with Crippen LogP contribution < -0.4 is 21.0 Å². The van der Waals surface area contributed by atoms with Gasteiger partial charge in [-0.3, -0.25) is 4.90 Å². The van der Waals surface area contributed by atoms with Gasteiger partial charge in [-0.05, 0) is 71.0 Å². The molecule has 0 heterocycles. The van der Waals surface area contributed by atoms with Gasteiger partial charge in [0.05, 0.1) is 6.16 Å². The fourth-order valence-corrected chi connectivity index (χ4v) is 8.50. The van der Waals surface area contributed by atoms with Crippen LogP contribution in [0, 0.1) is 0 Å². The Hall–Kier alpha value is -2.48. The number of aliphatic carboxylic acids is 1. The minimum atomic E-state index is -1.73. The third kappa shape index (κ3) is 6.76. The van der Waals surface area contributed by atoms with Crippen molar-refractivity contribution in [2.45, 2.75) is 46.7 Å². The maximum atomic E-state index is 8.89. The molecule has 0 aliphatic rings. The summed E-state index contributed by atoms with van der Waals surface area (Å²) in [6, 6.07) is 34.6. The van der Waals surface area contributed by atoms with Crippen molar-refractivity contribution in [3.8, 4) is 0 Å². The molecule has 0 N–H and O–H groups in total. The highest BCUT2D eigenvalue weighted by Gasteiger charge is 2.45. The topological polar surface area (TPSA) is 43.4 Å². The molecule has 3 aromatic rings. The van der Waals surface area contributed by atoms with E-state index in [-0.39, 0.29) is 0 Å². The molecular formula is C28H36NO2P. The molecule has 4 heteroatoms. The number of carbonyl (C=O) groups excluding carboxylic acids is 1. The summed E-state index contributed by atoms with van der Waals surface area (Å²) in [5.41, 5.74) is 0. The van der Waals surface area contributed by atoms with Crippen molar-refractivity contribution in [2.24, 2.45) is 0 Å². The average molecular weight is 450 g/mol. The lowest BCUT2D eigenvalue weighted by Gasteiger charge is -2.34. The Balaban J connectivity index is 0.000000837. The first-order valence-corrected chi connectivity index (χ1v) is 13.2. The van der Waals surface area contributed by atoms with Crippen LogP contribution in [0.3, 0.4) is 0 Å². The number of carboxylic acids is 1. The largest absolute Gasteiger partial charge is 0.550 e. The molecule has 0 bridgehead atoms. The lowest BCUT2D eigenvalue weighted by molar-refractivity contribution is -0.302. The van der Waals surface area contributed by atoms with Crippen molar-refractivity contribution in [1.82, 2.24) is 4.90 Å². The predicted octanol–water partition coefficient (Wildman–Crippen LogP) is 3.86. The van der Waals surface area contributed by atoms with E-state index in [2.05, 4.69) is 124 Å². The molecule has 3 nitrogen and oxygen atoms in total. The highest BCUT2D eigenvalue weighted by Crippen LogP contribution is 2.55. The van der Waals surface area contributed by atoms with Gasteiger partial charge < -0.3 is 9.90 Å². The van der Waals surface area contributed by atoms with Crippen molar-refractivity contribution in [3.63, 3.8) is 0 Å². The molecule has 0 spiro atoms. The van der Waals surface area contributed by atoms with Crippen LogP contribution in [0.2, 0.25) is 0 Å². The van der Waals surface area contributed by atoms with Gasteiger partial charge in [0.1, 0.15) is 23.2 Å². The molecule has 0 radical (unpaired) electrons. The Bertz CT molecular complexity index is 819. The van der Waals surface area contributed by atoms with Crippen molar-refractivity contribution in [1.29, 1.82) is 0 Å². The third-order valence-electron chi connectivity index (χ3n) is 5.61. The van der Waals surface area contributed by atoms with Gasteiger partial charge in [0, 0.05) is 24.6 Å². The molecule has 0 aliphatic heterocycles. The highest BCUT2D eigenvalue weighted by atomic mass is 31.2. The zero-order chi connectivity index (χ0) is 23.6. The monoisotopic (exact) mass is 449 g/mol. The van der Waals surface area contributed by atoms with Crippen LogP contribution in [-0.4, -0.2) is 35.7 Å². The molecule has 170 valence electrons. The number of hydrogen-bond acceptors (Lipinski definition) is 3. The van der Waals surface area contributed by atoms with E-state index in [1.165, 1.54) is 15.9 Å². The Kier molecular flexibility index (Phi) is 10.1. The summed E-state index contributed by atoms with van der Waals surface area (Å²) in [4.78, 5) is 11.5. The minimum absolute atomic E-state index is 0.546. The fourth-order valence-electron chi connectivity index (χ4n) is 4.26. The van der Waals surface area contributed by atoms with Crippen LogP contribution in [0.1, 0.15) is 34.6 Å². The maximum absolute atomic E-state index is 8.89. The number of carbonyl (C=O) groups is 1. The van der Waals surface area contributed by atoms with E-state index in [1.807, 2.05) is 0 Å². The minimum Gasteiger partial charge on any atom is -0.550 e. The second-order valence-electron chi connectivity index (χ2n) is 8.46. The SMILES string of the molecule is CC(=O)[O-].CC(C)N(CC[P+](c1ccccc1)(c1ccccc1)c1ccccc1)C(C)C. The molecule has 0 fully saturated rings. The summed E-state index contributed by atoms with van der Waals surface area (Å²) in [6.07, 6.45) is 1.15. The second kappa shape index (κ2) is 12.5. The maximum Gasteiger partial charge on any atom is 0.113 e. The van der Waals surface area contributed by atoms with Gasteiger partial charge in [0.2, 0.25) is 0 Å². The molecule has 32 heavy (non-hydrogen) atoms. The molecular weight excluding hydrogens is 413 g/mol. The Morgan fingerprint density at radius 1 is 0.719 bits per heavy atom. The highest BCUT2D eigenvalue weighted by molar-refractivity contribution is 7.95. The van der Waals surface area contributed by atoms with Crippen LogP contribution in [0.5, 0.6) is 0 Å². The van der Waals surface area contributed by atoms with E-state index in [9.17, 15) is 0 Å². The lowest BCUT2D eigenvalue weighted by atomic mass is 10.2. The summed E-state index contributed by atoms with van der Waals surface area (Å²) >= 11 is 0. The summed E-state index contributed by atoms with van der Waals surface area (Å²) in [7, 11) is -1.73. The van der Waals surface area contributed by atoms with Gasteiger partial charge in [-0.25, -0.2) is 0 Å². The summed E-state index contributed by atoms with van der Waals surface area (Å²) in [5, 5.41) is 13.3. The van der Waals surface area contributed by atoms with Crippen LogP contribution in [-0.2, 0) is 4.79 Å². The van der Waals surface area contributed by atoms with Crippen molar-refractivity contribution < 1.29 is 9.90 Å². The van der Waals surface area contributed by atoms with Gasteiger partial charge in [0.25, 0.3) is 0 Å². The fraction of sp³-hybridized carbons (Fsp3) is 0.321. The van der Waals surface area contributed by atoms with Crippen LogP contribution in [0.15, 0.2) is 91.0 Å². The summed E-state index contributed by atoms with van der Waals surface area (Å²) in [5.74, 6) is -1.08. The van der Waals surface area contributed by atoms with E-state index < -0.39 is 13.2 Å². The molecule has 0 saturated carbocycles. The Labute approximate surface area is 194 Å². The number of nitrogens with zero attached hydrogens (tertiary/aromatic N) is 1. The van der Waals surface area contributed by atoms with Crippen molar-refractivity contribution >= 4 is 29.1 Å². The molecule has 0 amide bonds. The van der Waals surface area contributed by atoms with Crippen LogP contribution in [0.4, 0.5) is 0 Å². The molecule has 3 rings (SSSR count). The van der Waals surface area contributed by atoms with E-state index in [0.29, 0.717) is 12.1 Å². The molecule has 0 aromatic heterocycles. The number of rotatable bonds is 8. The molecule has 3 aromatic carbocycles. The summed E-state index contributed by atoms with van der Waals surface area (Å²) < 4.78 is 0. The average Bonchev–Trinajstić information content (AvgIpc) is 2.78. The third-order valence-corrected chi connectivity index (χ3v) is 10.0. The Morgan fingerprint density at radius 3 is 1.25 bits per heavy atom. The van der Waals surface area contributed by atoms with Crippen molar-refractivity contribution in [3.05, 3.63) is 91.0 Å². The predicted molar refractivity (Wildman–Crippen MR) is 138 cm³/mol. The zero-order valence-electron chi connectivity index (χ0n) is 19.9. The van der Waals surface area contributed by atoms with Crippen LogP contribution >= 0.6 is 7.26 Å². The Morgan fingerprint density at radius 2 is 1.00 bits per heavy atom. The molecule has 0 atom stereocenters. The van der Waals surface area contributed by atoms with E-state index in [0.717, 1.165) is 19.6 Å². The molecule has 0 aliphatic carbocycles. The van der Waals surface area contributed by atoms with Crippen LogP contribution in [0.25, 0.3) is 0 Å².